The number of nitrogens with zero attached hydrogens (tertiary/aromatic N) is 2. The third-order valence-electron chi connectivity index (χ3n) is 3.57. The van der Waals surface area contributed by atoms with Gasteiger partial charge in [0.25, 0.3) is 5.91 Å². The molecule has 1 saturated heterocycles. The van der Waals surface area contributed by atoms with Crippen LogP contribution in [0, 0.1) is 12.8 Å². The Balaban J connectivity index is 2.24. The Morgan fingerprint density at radius 2 is 2.41 bits per heavy atom. The molecular formula is C13H18N2O2. The summed E-state index contributed by atoms with van der Waals surface area (Å²) in [6, 6.07) is 3.51. The fraction of sp³-hybridized carbons (Fsp3) is 0.538. The van der Waals surface area contributed by atoms with E-state index < -0.39 is 0 Å². The van der Waals surface area contributed by atoms with Gasteiger partial charge in [0.1, 0.15) is 0 Å². The van der Waals surface area contributed by atoms with Gasteiger partial charge in [0.05, 0.1) is 18.2 Å². The highest BCUT2D eigenvalue weighted by Gasteiger charge is 2.34. The van der Waals surface area contributed by atoms with Crippen LogP contribution in [0.25, 0.3) is 0 Å². The van der Waals surface area contributed by atoms with Gasteiger partial charge in [-0.1, -0.05) is 6.92 Å². The van der Waals surface area contributed by atoms with Crippen molar-refractivity contribution in [2.75, 3.05) is 13.2 Å². The van der Waals surface area contributed by atoms with Crippen molar-refractivity contribution >= 4 is 5.91 Å². The molecule has 4 nitrogen and oxygen atoms in total. The number of amides is 1. The number of hydrogen-bond donors (Lipinski definition) is 1. The molecule has 0 aliphatic carbocycles. The second-order valence-electron chi connectivity index (χ2n) is 4.65. The number of likely N-dealkylation sites (tertiary alicyclic amines) is 1. The van der Waals surface area contributed by atoms with E-state index in [2.05, 4.69) is 11.9 Å². The molecule has 0 aromatic carbocycles. The number of rotatable bonds is 2. The van der Waals surface area contributed by atoms with Gasteiger partial charge in [-0.15, -0.1) is 0 Å². The van der Waals surface area contributed by atoms with E-state index in [-0.39, 0.29) is 18.6 Å². The number of carbonyl (C=O) groups excluding carboxylic acids is 1. The van der Waals surface area contributed by atoms with Gasteiger partial charge < -0.3 is 10.0 Å². The van der Waals surface area contributed by atoms with Crippen molar-refractivity contribution in [1.29, 1.82) is 0 Å². The second-order valence-corrected chi connectivity index (χ2v) is 4.65. The molecule has 4 heteroatoms. The van der Waals surface area contributed by atoms with E-state index in [0.717, 1.165) is 18.7 Å². The largest absolute Gasteiger partial charge is 0.394 e. The highest BCUT2D eigenvalue weighted by atomic mass is 16.3. The predicted octanol–water partition coefficient (Wildman–Crippen LogP) is 1.23. The van der Waals surface area contributed by atoms with Crippen molar-refractivity contribution in [2.45, 2.75) is 26.3 Å². The average Bonchev–Trinajstić information content (AvgIpc) is 2.70. The number of aryl methyl sites for hydroxylation is 1. The minimum absolute atomic E-state index is 0.0148. The van der Waals surface area contributed by atoms with Crippen LogP contribution in [0.5, 0.6) is 0 Å². The Labute approximate surface area is 101 Å². The normalized spacial score (nSPS) is 24.1. The van der Waals surface area contributed by atoms with Crippen LogP contribution in [-0.2, 0) is 0 Å². The van der Waals surface area contributed by atoms with Crippen LogP contribution in [0.4, 0.5) is 0 Å². The van der Waals surface area contributed by atoms with E-state index in [4.69, 9.17) is 0 Å². The van der Waals surface area contributed by atoms with Crippen LogP contribution in [0.2, 0.25) is 0 Å². The van der Waals surface area contributed by atoms with Gasteiger partial charge in [0.15, 0.2) is 0 Å². The molecule has 92 valence electrons. The Morgan fingerprint density at radius 1 is 1.65 bits per heavy atom. The van der Waals surface area contributed by atoms with Crippen LogP contribution in [-0.4, -0.2) is 40.1 Å². The molecule has 1 aliphatic heterocycles. The lowest BCUT2D eigenvalue weighted by atomic mass is 10.0. The molecule has 1 aromatic rings. The van der Waals surface area contributed by atoms with Gasteiger partial charge in [0.2, 0.25) is 0 Å². The van der Waals surface area contributed by atoms with Crippen LogP contribution >= 0.6 is 0 Å². The van der Waals surface area contributed by atoms with Crippen molar-refractivity contribution in [3.63, 3.8) is 0 Å². The summed E-state index contributed by atoms with van der Waals surface area (Å²) in [4.78, 5) is 18.3. The molecule has 1 aromatic heterocycles. The molecule has 2 rings (SSSR count). The third-order valence-corrected chi connectivity index (χ3v) is 3.57. The van der Waals surface area contributed by atoms with E-state index in [9.17, 15) is 9.90 Å². The lowest BCUT2D eigenvalue weighted by molar-refractivity contribution is 0.0647. The van der Waals surface area contributed by atoms with Crippen molar-refractivity contribution in [3.8, 4) is 0 Å². The van der Waals surface area contributed by atoms with E-state index in [1.165, 1.54) is 0 Å². The highest BCUT2D eigenvalue weighted by molar-refractivity contribution is 5.95. The number of aliphatic hydroxyl groups excluding tert-OH is 1. The summed E-state index contributed by atoms with van der Waals surface area (Å²) < 4.78 is 0. The van der Waals surface area contributed by atoms with Gasteiger partial charge >= 0.3 is 0 Å². The first-order chi connectivity index (χ1) is 8.15. The maximum atomic E-state index is 12.4. The van der Waals surface area contributed by atoms with Crippen LogP contribution in [0.15, 0.2) is 18.3 Å². The molecular weight excluding hydrogens is 216 g/mol. The first kappa shape index (κ1) is 12.0. The Hall–Kier alpha value is -1.42. The molecule has 17 heavy (non-hydrogen) atoms. The maximum Gasteiger partial charge on any atom is 0.256 e. The first-order valence-corrected chi connectivity index (χ1v) is 5.98. The monoisotopic (exact) mass is 234 g/mol. The third kappa shape index (κ3) is 2.17. The molecule has 2 heterocycles. The fourth-order valence-corrected chi connectivity index (χ4v) is 2.40. The fourth-order valence-electron chi connectivity index (χ4n) is 2.40. The molecule has 1 amide bonds. The highest BCUT2D eigenvalue weighted by Crippen LogP contribution is 2.25. The van der Waals surface area contributed by atoms with Gasteiger partial charge in [-0.25, -0.2) is 0 Å². The van der Waals surface area contributed by atoms with Crippen molar-refractivity contribution in [1.82, 2.24) is 9.88 Å². The average molecular weight is 234 g/mol. The summed E-state index contributed by atoms with van der Waals surface area (Å²) in [5.74, 6) is 0.347. The SMILES string of the molecule is Cc1ncccc1C(=O)N1CCC(C)C1CO. The zero-order valence-corrected chi connectivity index (χ0v) is 10.3. The quantitative estimate of drug-likeness (QED) is 0.837. The van der Waals surface area contributed by atoms with Crippen molar-refractivity contribution < 1.29 is 9.90 Å². The summed E-state index contributed by atoms with van der Waals surface area (Å²) in [6.07, 6.45) is 2.64. The zero-order chi connectivity index (χ0) is 12.4. The zero-order valence-electron chi connectivity index (χ0n) is 10.3. The van der Waals surface area contributed by atoms with Gasteiger partial charge in [-0.2, -0.15) is 0 Å². The molecule has 0 spiro atoms. The predicted molar refractivity (Wildman–Crippen MR) is 64.7 cm³/mol. The van der Waals surface area contributed by atoms with E-state index in [1.54, 1.807) is 23.2 Å². The number of hydrogen-bond acceptors (Lipinski definition) is 3. The molecule has 2 unspecified atom stereocenters. The van der Waals surface area contributed by atoms with Crippen LogP contribution in [0.3, 0.4) is 0 Å². The number of aliphatic hydroxyl groups is 1. The molecule has 0 saturated carbocycles. The molecule has 1 fully saturated rings. The van der Waals surface area contributed by atoms with Gasteiger partial charge in [-0.05, 0) is 31.4 Å². The second kappa shape index (κ2) is 4.84. The van der Waals surface area contributed by atoms with Gasteiger partial charge in [0, 0.05) is 18.4 Å². The Bertz CT molecular complexity index is 420. The minimum atomic E-state index is -0.0536. The van der Waals surface area contributed by atoms with E-state index in [1.807, 2.05) is 6.92 Å². The topological polar surface area (TPSA) is 53.4 Å². The smallest absolute Gasteiger partial charge is 0.256 e. The summed E-state index contributed by atoms with van der Waals surface area (Å²) in [7, 11) is 0. The lowest BCUT2D eigenvalue weighted by Gasteiger charge is -2.25. The summed E-state index contributed by atoms with van der Waals surface area (Å²) in [5, 5.41) is 9.36. The van der Waals surface area contributed by atoms with Crippen molar-refractivity contribution in [3.05, 3.63) is 29.6 Å². The van der Waals surface area contributed by atoms with Gasteiger partial charge in [-0.3, -0.25) is 9.78 Å². The number of carbonyl (C=O) groups is 1. The first-order valence-electron chi connectivity index (χ1n) is 5.98. The minimum Gasteiger partial charge on any atom is -0.394 e. The summed E-state index contributed by atoms with van der Waals surface area (Å²) in [5.41, 5.74) is 1.38. The molecule has 2 atom stereocenters. The Kier molecular flexibility index (Phi) is 3.43. The standard InChI is InChI=1S/C13H18N2O2/c1-9-5-7-15(12(9)8-16)13(17)11-4-3-6-14-10(11)2/h3-4,6,9,12,16H,5,7-8H2,1-2H3. The van der Waals surface area contributed by atoms with Crippen molar-refractivity contribution in [2.24, 2.45) is 5.92 Å². The maximum absolute atomic E-state index is 12.4. The van der Waals surface area contributed by atoms with Crippen LogP contribution in [0.1, 0.15) is 29.4 Å². The lowest BCUT2D eigenvalue weighted by Crippen LogP contribution is -2.40. The summed E-state index contributed by atoms with van der Waals surface area (Å²) in [6.45, 7) is 4.66. The molecule has 0 bridgehead atoms. The number of pyridine rings is 1. The number of aromatic nitrogens is 1. The summed E-state index contributed by atoms with van der Waals surface area (Å²) >= 11 is 0. The van der Waals surface area contributed by atoms with E-state index in [0.29, 0.717) is 11.5 Å². The molecule has 1 N–H and O–H groups in total. The Morgan fingerprint density at radius 3 is 3.06 bits per heavy atom. The van der Waals surface area contributed by atoms with E-state index >= 15 is 0 Å². The molecule has 0 radical (unpaired) electrons. The van der Waals surface area contributed by atoms with Crippen LogP contribution < -0.4 is 0 Å². The molecule has 1 aliphatic rings.